The minimum Gasteiger partial charge on any atom is -0.342 e. The van der Waals surface area contributed by atoms with Crippen molar-refractivity contribution >= 4 is 27.7 Å². The summed E-state index contributed by atoms with van der Waals surface area (Å²) in [5.41, 5.74) is 1.50. The summed E-state index contributed by atoms with van der Waals surface area (Å²) in [7, 11) is 0. The van der Waals surface area contributed by atoms with Crippen molar-refractivity contribution in [3.63, 3.8) is 0 Å². The van der Waals surface area contributed by atoms with Crippen molar-refractivity contribution in [2.45, 2.75) is 51.4 Å². The van der Waals surface area contributed by atoms with Gasteiger partial charge in [0.15, 0.2) is 0 Å². The number of carbonyl (C=O) groups is 2. The van der Waals surface area contributed by atoms with Crippen molar-refractivity contribution in [1.29, 1.82) is 0 Å². The highest BCUT2D eigenvalue weighted by molar-refractivity contribution is 9.10. The molecule has 2 amide bonds. The molecule has 2 heterocycles. The van der Waals surface area contributed by atoms with E-state index in [0.29, 0.717) is 16.8 Å². The molecule has 0 saturated carbocycles. The van der Waals surface area contributed by atoms with Gasteiger partial charge in [-0.15, -0.1) is 0 Å². The van der Waals surface area contributed by atoms with E-state index in [2.05, 4.69) is 26.2 Å². The minimum absolute atomic E-state index is 0.0328. The first kappa shape index (κ1) is 22.3. The largest absolute Gasteiger partial charge is 0.342 e. The SMILES string of the molecule is CC(=O)N1C[C@H](F)C[C@H]1C(=O)NC(c1cccc(Br)c1)c1ccc(C(C)C)c(F)n1. The summed E-state index contributed by atoms with van der Waals surface area (Å²) in [6.45, 7) is 4.95. The molecule has 160 valence electrons. The summed E-state index contributed by atoms with van der Waals surface area (Å²) in [6.07, 6.45) is -1.32. The number of nitrogens with one attached hydrogen (secondary N) is 1. The smallest absolute Gasteiger partial charge is 0.243 e. The average molecular weight is 480 g/mol. The van der Waals surface area contributed by atoms with Crippen molar-refractivity contribution in [3.05, 3.63) is 63.6 Å². The van der Waals surface area contributed by atoms with Crippen molar-refractivity contribution in [2.24, 2.45) is 0 Å². The third-order valence-corrected chi connectivity index (χ3v) is 5.74. The molecule has 1 fully saturated rings. The lowest BCUT2D eigenvalue weighted by Crippen LogP contribution is -2.46. The van der Waals surface area contributed by atoms with Crippen molar-refractivity contribution in [2.75, 3.05) is 6.54 Å². The standard InChI is InChI=1S/C22H24BrF2N3O2/c1-12(2)17-7-8-18(26-21(17)25)20(14-5-4-6-15(23)9-14)27-22(30)19-10-16(24)11-28(19)13(3)29/h4-9,12,16,19-20H,10-11H2,1-3H3,(H,27,30)/t16-,19+,20?/m1/s1. The van der Waals surface area contributed by atoms with Crippen LogP contribution in [0.2, 0.25) is 0 Å². The molecule has 2 aromatic rings. The first-order valence-electron chi connectivity index (χ1n) is 9.80. The number of nitrogens with zero attached hydrogens (tertiary/aromatic N) is 2. The molecule has 0 bridgehead atoms. The van der Waals surface area contributed by atoms with Gasteiger partial charge in [0.2, 0.25) is 17.8 Å². The van der Waals surface area contributed by atoms with Crippen molar-refractivity contribution in [3.8, 4) is 0 Å². The number of hydrogen-bond acceptors (Lipinski definition) is 3. The van der Waals surface area contributed by atoms with E-state index in [1.807, 2.05) is 19.9 Å². The monoisotopic (exact) mass is 479 g/mol. The first-order chi connectivity index (χ1) is 14.2. The summed E-state index contributed by atoms with van der Waals surface area (Å²) in [5.74, 6) is -1.48. The quantitative estimate of drug-likeness (QED) is 0.651. The summed E-state index contributed by atoms with van der Waals surface area (Å²) in [5, 5.41) is 2.85. The molecule has 0 spiro atoms. The van der Waals surface area contributed by atoms with Gasteiger partial charge in [-0.1, -0.05) is 48.0 Å². The number of likely N-dealkylation sites (tertiary alicyclic amines) is 1. The van der Waals surface area contributed by atoms with Gasteiger partial charge in [0.05, 0.1) is 18.3 Å². The van der Waals surface area contributed by atoms with Crippen molar-refractivity contribution in [1.82, 2.24) is 15.2 Å². The molecule has 30 heavy (non-hydrogen) atoms. The molecule has 3 atom stereocenters. The van der Waals surface area contributed by atoms with Gasteiger partial charge in [-0.05, 0) is 29.7 Å². The van der Waals surface area contributed by atoms with Gasteiger partial charge in [-0.3, -0.25) is 9.59 Å². The fourth-order valence-corrected chi connectivity index (χ4v) is 4.10. The molecule has 1 unspecified atom stereocenters. The van der Waals surface area contributed by atoms with E-state index in [1.54, 1.807) is 30.3 Å². The Morgan fingerprint density at radius 3 is 2.60 bits per heavy atom. The highest BCUT2D eigenvalue weighted by atomic mass is 79.9. The molecule has 1 N–H and O–H groups in total. The molecule has 1 aromatic carbocycles. The zero-order valence-corrected chi connectivity index (χ0v) is 18.6. The zero-order chi connectivity index (χ0) is 22.0. The topological polar surface area (TPSA) is 62.3 Å². The van der Waals surface area contributed by atoms with Crippen LogP contribution >= 0.6 is 15.9 Å². The summed E-state index contributed by atoms with van der Waals surface area (Å²) in [4.78, 5) is 30.2. The van der Waals surface area contributed by atoms with Gasteiger partial charge < -0.3 is 10.2 Å². The Kier molecular flexibility index (Phi) is 6.85. The number of rotatable bonds is 5. The zero-order valence-electron chi connectivity index (χ0n) is 17.0. The second-order valence-corrected chi connectivity index (χ2v) is 8.70. The number of aromatic nitrogens is 1. The molecule has 1 aromatic heterocycles. The molecule has 1 aliphatic rings. The van der Waals surface area contributed by atoms with Gasteiger partial charge in [-0.2, -0.15) is 4.39 Å². The number of halogens is 3. The highest BCUT2D eigenvalue weighted by Crippen LogP contribution is 2.28. The van der Waals surface area contributed by atoms with E-state index in [4.69, 9.17) is 0 Å². The minimum atomic E-state index is -1.25. The maximum Gasteiger partial charge on any atom is 0.243 e. The van der Waals surface area contributed by atoms with Crippen LogP contribution in [-0.4, -0.2) is 40.5 Å². The first-order valence-corrected chi connectivity index (χ1v) is 10.6. The third kappa shape index (κ3) is 4.86. The lowest BCUT2D eigenvalue weighted by molar-refractivity contribution is -0.137. The van der Waals surface area contributed by atoms with E-state index in [0.717, 1.165) is 4.47 Å². The van der Waals surface area contributed by atoms with Gasteiger partial charge in [0.1, 0.15) is 12.2 Å². The van der Waals surface area contributed by atoms with Gasteiger partial charge in [0, 0.05) is 23.4 Å². The van der Waals surface area contributed by atoms with Crippen LogP contribution in [0.3, 0.4) is 0 Å². The van der Waals surface area contributed by atoms with E-state index in [1.165, 1.54) is 11.8 Å². The van der Waals surface area contributed by atoms with Gasteiger partial charge in [0.25, 0.3) is 0 Å². The Morgan fingerprint density at radius 2 is 2.00 bits per heavy atom. The molecular weight excluding hydrogens is 456 g/mol. The molecule has 1 aliphatic heterocycles. The Balaban J connectivity index is 1.96. The van der Waals surface area contributed by atoms with Crippen LogP contribution in [-0.2, 0) is 9.59 Å². The van der Waals surface area contributed by atoms with Crippen LogP contribution in [0.4, 0.5) is 8.78 Å². The fourth-order valence-electron chi connectivity index (χ4n) is 3.68. The highest BCUT2D eigenvalue weighted by Gasteiger charge is 2.39. The number of amides is 2. The molecule has 8 heteroatoms. The van der Waals surface area contributed by atoms with Crippen LogP contribution in [0, 0.1) is 5.95 Å². The Bertz CT molecular complexity index is 954. The number of hydrogen-bond donors (Lipinski definition) is 1. The second kappa shape index (κ2) is 9.20. The molecule has 3 rings (SSSR count). The number of alkyl halides is 1. The van der Waals surface area contributed by atoms with Crippen molar-refractivity contribution < 1.29 is 18.4 Å². The summed E-state index contributed by atoms with van der Waals surface area (Å²) < 4.78 is 29.3. The van der Waals surface area contributed by atoms with Crippen LogP contribution in [0.15, 0.2) is 40.9 Å². The van der Waals surface area contributed by atoms with Crippen LogP contribution < -0.4 is 5.32 Å². The predicted octanol–water partition coefficient (Wildman–Crippen LogP) is 4.27. The molecule has 1 saturated heterocycles. The van der Waals surface area contributed by atoms with Crippen LogP contribution in [0.5, 0.6) is 0 Å². The lowest BCUT2D eigenvalue weighted by Gasteiger charge is -2.26. The molecule has 0 aliphatic carbocycles. The predicted molar refractivity (Wildman–Crippen MR) is 113 cm³/mol. The Labute approximate surface area is 183 Å². The molecule has 0 radical (unpaired) electrons. The lowest BCUT2D eigenvalue weighted by atomic mass is 9.99. The number of carbonyl (C=O) groups excluding carboxylic acids is 2. The van der Waals surface area contributed by atoms with E-state index >= 15 is 0 Å². The fraction of sp³-hybridized carbons (Fsp3) is 0.409. The van der Waals surface area contributed by atoms with Gasteiger partial charge in [-0.25, -0.2) is 9.37 Å². The molecule has 5 nitrogen and oxygen atoms in total. The maximum atomic E-state index is 14.6. The maximum absolute atomic E-state index is 14.6. The number of pyridine rings is 1. The van der Waals surface area contributed by atoms with E-state index in [-0.39, 0.29) is 24.8 Å². The van der Waals surface area contributed by atoms with Crippen LogP contribution in [0.25, 0.3) is 0 Å². The molecular formula is C22H24BrF2N3O2. The van der Waals surface area contributed by atoms with Gasteiger partial charge >= 0.3 is 0 Å². The third-order valence-electron chi connectivity index (χ3n) is 5.24. The number of benzene rings is 1. The Morgan fingerprint density at radius 1 is 1.27 bits per heavy atom. The normalized spacial score (nSPS) is 19.8. The second-order valence-electron chi connectivity index (χ2n) is 7.79. The summed E-state index contributed by atoms with van der Waals surface area (Å²) >= 11 is 3.41. The Hall–Kier alpha value is -2.35. The van der Waals surface area contributed by atoms with E-state index in [9.17, 15) is 18.4 Å². The van der Waals surface area contributed by atoms with Crippen LogP contribution in [0.1, 0.15) is 56.0 Å². The average Bonchev–Trinajstić information content (AvgIpc) is 3.08. The van der Waals surface area contributed by atoms with E-state index < -0.39 is 30.1 Å². The summed E-state index contributed by atoms with van der Waals surface area (Å²) in [6, 6.07) is 8.91.